The largest absolute Gasteiger partial charge is 0.490 e. The highest BCUT2D eigenvalue weighted by Gasteiger charge is 2.50. The molecular weight excluding hydrogens is 586 g/mol. The number of hydrogen-bond acceptors (Lipinski definition) is 7. The standard InChI is InChI=1S/C21H20N2O3S.2C2HF3O2/c1-14-4-2-5-16(22-14)11-23-12-18-17-10-15(19-6-3-9-26-19)7-8-20(17)27(24,25)21(18)13-23;2*3-2(4,5)1(6)7/h2-10,18,21H,11-13H2,1H3;2*(H,6,7). The lowest BCUT2D eigenvalue weighted by atomic mass is 9.96. The second kappa shape index (κ2) is 11.9. The molecule has 0 spiro atoms. The van der Waals surface area contributed by atoms with Crippen molar-refractivity contribution in [3.8, 4) is 11.3 Å². The Morgan fingerprint density at radius 1 is 0.976 bits per heavy atom. The number of furan rings is 1. The van der Waals surface area contributed by atoms with Gasteiger partial charge in [0.2, 0.25) is 0 Å². The van der Waals surface area contributed by atoms with Crippen LogP contribution in [0, 0.1) is 6.92 Å². The minimum absolute atomic E-state index is 0.00437. The number of benzene rings is 1. The van der Waals surface area contributed by atoms with Gasteiger partial charge in [-0.15, -0.1) is 0 Å². The Balaban J connectivity index is 0.000000276. The highest BCUT2D eigenvalue weighted by Crippen LogP contribution is 2.46. The number of sulfone groups is 1. The smallest absolute Gasteiger partial charge is 0.475 e. The number of likely N-dealkylation sites (tertiary alicyclic amines) is 1. The van der Waals surface area contributed by atoms with E-state index in [1.165, 1.54) is 0 Å². The number of alkyl halides is 6. The van der Waals surface area contributed by atoms with E-state index in [4.69, 9.17) is 24.2 Å². The van der Waals surface area contributed by atoms with E-state index in [0.717, 1.165) is 34.8 Å². The van der Waals surface area contributed by atoms with Gasteiger partial charge in [-0.3, -0.25) is 9.88 Å². The summed E-state index contributed by atoms with van der Waals surface area (Å²) in [6, 6.07) is 15.3. The third kappa shape index (κ3) is 7.64. The number of halogens is 6. The number of carbonyl (C=O) groups is 2. The Morgan fingerprint density at radius 3 is 2.10 bits per heavy atom. The molecule has 16 heteroatoms. The van der Waals surface area contributed by atoms with Gasteiger partial charge in [-0.25, -0.2) is 18.0 Å². The van der Waals surface area contributed by atoms with Gasteiger partial charge in [0.15, 0.2) is 9.84 Å². The summed E-state index contributed by atoms with van der Waals surface area (Å²) < 4.78 is 95.1. The zero-order valence-corrected chi connectivity index (χ0v) is 21.8. The van der Waals surface area contributed by atoms with Crippen LogP contribution in [0.1, 0.15) is 22.9 Å². The molecule has 2 aliphatic rings. The van der Waals surface area contributed by atoms with Gasteiger partial charge in [-0.2, -0.15) is 26.3 Å². The molecule has 0 radical (unpaired) electrons. The Kier molecular flexibility index (Phi) is 9.17. The molecule has 2 aliphatic heterocycles. The van der Waals surface area contributed by atoms with Gasteiger partial charge in [0.1, 0.15) is 5.76 Å². The Morgan fingerprint density at radius 2 is 1.59 bits per heavy atom. The number of pyridine rings is 1. The first-order valence-corrected chi connectivity index (χ1v) is 13.1. The van der Waals surface area contributed by atoms with Crippen molar-refractivity contribution in [3.05, 3.63) is 71.7 Å². The second-order valence-electron chi connectivity index (χ2n) is 8.99. The average Bonchev–Trinajstić information content (AvgIpc) is 3.57. The molecule has 0 saturated carbocycles. The van der Waals surface area contributed by atoms with Gasteiger partial charge in [0, 0.05) is 36.8 Å². The fourth-order valence-corrected chi connectivity index (χ4v) is 6.56. The summed E-state index contributed by atoms with van der Waals surface area (Å²) in [5, 5.41) is 13.9. The van der Waals surface area contributed by atoms with Crippen LogP contribution in [0.3, 0.4) is 0 Å². The minimum Gasteiger partial charge on any atom is -0.475 e. The first kappa shape index (κ1) is 31.6. The van der Waals surface area contributed by atoms with Gasteiger partial charge in [0.25, 0.3) is 0 Å². The summed E-state index contributed by atoms with van der Waals surface area (Å²) in [6.07, 6.45) is -8.53. The summed E-state index contributed by atoms with van der Waals surface area (Å²) in [7, 11) is -3.29. The van der Waals surface area contributed by atoms with Crippen molar-refractivity contribution in [2.75, 3.05) is 13.1 Å². The fourth-order valence-electron chi connectivity index (χ4n) is 4.37. The number of rotatable bonds is 3. The summed E-state index contributed by atoms with van der Waals surface area (Å²) in [4.78, 5) is 25.0. The molecule has 1 saturated heterocycles. The van der Waals surface area contributed by atoms with Crippen molar-refractivity contribution in [2.45, 2.75) is 41.9 Å². The van der Waals surface area contributed by atoms with Gasteiger partial charge in [-0.05, 0) is 55.0 Å². The van der Waals surface area contributed by atoms with Crippen LogP contribution in [0.4, 0.5) is 26.3 Å². The lowest BCUT2D eigenvalue weighted by Crippen LogP contribution is -2.26. The zero-order chi connectivity index (χ0) is 30.8. The van der Waals surface area contributed by atoms with Crippen molar-refractivity contribution >= 4 is 21.8 Å². The van der Waals surface area contributed by atoms with Crippen LogP contribution >= 0.6 is 0 Å². The molecular formula is C25H22F6N2O7S. The molecule has 0 amide bonds. The summed E-state index contributed by atoms with van der Waals surface area (Å²) in [5.41, 5.74) is 3.81. The van der Waals surface area contributed by atoms with Gasteiger partial charge >= 0.3 is 24.3 Å². The van der Waals surface area contributed by atoms with E-state index in [2.05, 4.69) is 9.88 Å². The van der Waals surface area contributed by atoms with Crippen LogP contribution in [0.25, 0.3) is 11.3 Å². The summed E-state index contributed by atoms with van der Waals surface area (Å²) in [6.45, 7) is 3.93. The normalized spacial score (nSPS) is 19.2. The van der Waals surface area contributed by atoms with E-state index in [1.807, 2.05) is 49.4 Å². The number of nitrogens with zero attached hydrogens (tertiary/aromatic N) is 2. The number of fused-ring (bicyclic) bond motifs is 3. The van der Waals surface area contributed by atoms with Crippen molar-refractivity contribution < 1.29 is 59.0 Å². The SMILES string of the molecule is Cc1cccc(CN2CC3c4cc(-c5ccco5)ccc4S(=O)(=O)C3C2)n1.O=C(O)C(F)(F)F.O=C(O)C(F)(F)F. The Labute approximate surface area is 228 Å². The van der Waals surface area contributed by atoms with Gasteiger partial charge in [-0.1, -0.05) is 6.07 Å². The van der Waals surface area contributed by atoms with E-state index in [1.54, 1.807) is 12.3 Å². The quantitative estimate of drug-likeness (QED) is 0.406. The molecule has 41 heavy (non-hydrogen) atoms. The van der Waals surface area contributed by atoms with Crippen LogP contribution < -0.4 is 0 Å². The first-order chi connectivity index (χ1) is 18.9. The number of hydrogen-bond donors (Lipinski definition) is 2. The third-order valence-corrected chi connectivity index (χ3v) is 8.34. The topological polar surface area (TPSA) is 138 Å². The lowest BCUT2D eigenvalue weighted by Gasteiger charge is -2.17. The molecule has 3 aromatic rings. The van der Waals surface area contributed by atoms with Gasteiger partial charge < -0.3 is 14.6 Å². The van der Waals surface area contributed by atoms with Crippen LogP contribution in [0.15, 0.2) is 64.1 Å². The predicted molar refractivity (Wildman–Crippen MR) is 129 cm³/mol. The average molecular weight is 609 g/mol. The lowest BCUT2D eigenvalue weighted by molar-refractivity contribution is -0.193. The van der Waals surface area contributed by atoms with E-state index in [0.29, 0.717) is 18.0 Å². The summed E-state index contributed by atoms with van der Waals surface area (Å²) in [5.74, 6) is -4.75. The van der Waals surface area contributed by atoms with Crippen LogP contribution in [-0.2, 0) is 26.0 Å². The summed E-state index contributed by atoms with van der Waals surface area (Å²) >= 11 is 0. The van der Waals surface area contributed by atoms with Crippen LogP contribution in [0.5, 0.6) is 0 Å². The molecule has 5 rings (SSSR count). The van der Waals surface area contributed by atoms with Crippen LogP contribution in [0.2, 0.25) is 0 Å². The number of aryl methyl sites for hydroxylation is 1. The molecule has 2 N–H and O–H groups in total. The van der Waals surface area contributed by atoms with Crippen molar-refractivity contribution in [2.24, 2.45) is 0 Å². The van der Waals surface area contributed by atoms with Crippen molar-refractivity contribution in [3.63, 3.8) is 0 Å². The Hall–Kier alpha value is -3.92. The van der Waals surface area contributed by atoms with E-state index < -0.39 is 34.1 Å². The monoisotopic (exact) mass is 608 g/mol. The maximum absolute atomic E-state index is 13.0. The van der Waals surface area contributed by atoms with E-state index in [9.17, 15) is 34.8 Å². The molecule has 9 nitrogen and oxygen atoms in total. The number of carboxylic acid groups (broad SMARTS) is 2. The maximum Gasteiger partial charge on any atom is 0.490 e. The van der Waals surface area contributed by atoms with Crippen molar-refractivity contribution in [1.29, 1.82) is 0 Å². The Bertz CT molecular complexity index is 1480. The minimum atomic E-state index is -5.08. The number of carboxylic acids is 2. The maximum atomic E-state index is 13.0. The predicted octanol–water partition coefficient (Wildman–Crippen LogP) is 4.67. The highest BCUT2D eigenvalue weighted by atomic mass is 32.2. The number of aliphatic carboxylic acids is 2. The van der Waals surface area contributed by atoms with E-state index >= 15 is 0 Å². The first-order valence-electron chi connectivity index (χ1n) is 11.6. The highest BCUT2D eigenvalue weighted by molar-refractivity contribution is 7.92. The van der Waals surface area contributed by atoms with Crippen molar-refractivity contribution in [1.82, 2.24) is 9.88 Å². The number of aromatic nitrogens is 1. The fraction of sp³-hybridized carbons (Fsp3) is 0.320. The molecule has 2 unspecified atom stereocenters. The van der Waals surface area contributed by atoms with E-state index in [-0.39, 0.29) is 11.2 Å². The molecule has 0 aliphatic carbocycles. The molecule has 1 aromatic carbocycles. The third-order valence-electron chi connectivity index (χ3n) is 6.08. The molecule has 2 atom stereocenters. The molecule has 1 fully saturated rings. The molecule has 2 aromatic heterocycles. The molecule has 0 bridgehead atoms. The second-order valence-corrected chi connectivity index (χ2v) is 11.1. The van der Waals surface area contributed by atoms with Gasteiger partial charge in [0.05, 0.1) is 22.1 Å². The molecule has 222 valence electrons. The van der Waals surface area contributed by atoms with Crippen LogP contribution in [-0.4, -0.2) is 71.1 Å². The molecule has 4 heterocycles. The zero-order valence-electron chi connectivity index (χ0n) is 21.0.